The first kappa shape index (κ1) is 15.0. The van der Waals surface area contributed by atoms with Crippen LogP contribution in [-0.2, 0) is 14.3 Å². The van der Waals surface area contributed by atoms with Crippen LogP contribution in [0.1, 0.15) is 13.8 Å². The molecule has 6 heteroatoms. The van der Waals surface area contributed by atoms with E-state index in [1.807, 2.05) is 0 Å². The quantitative estimate of drug-likeness (QED) is 0.528. The molecule has 0 fully saturated rings. The summed E-state index contributed by atoms with van der Waals surface area (Å²) in [6.45, 7) is 4.76. The molecule has 1 atom stereocenters. The summed E-state index contributed by atoms with van der Waals surface area (Å²) in [5.41, 5.74) is -1.25. The van der Waals surface area contributed by atoms with E-state index < -0.39 is 30.8 Å². The van der Waals surface area contributed by atoms with Crippen molar-refractivity contribution < 1.29 is 27.4 Å². The van der Waals surface area contributed by atoms with Gasteiger partial charge in [-0.3, -0.25) is 4.79 Å². The molecule has 0 aliphatic heterocycles. The van der Waals surface area contributed by atoms with Crippen molar-refractivity contribution in [2.24, 2.45) is 5.41 Å². The molecule has 0 spiro atoms. The predicted molar refractivity (Wildman–Crippen MR) is 51.8 cm³/mol. The summed E-state index contributed by atoms with van der Waals surface area (Å²) in [4.78, 5) is 11.4. The minimum Gasteiger partial charge on any atom is -0.465 e. The maximum Gasteiger partial charge on any atom is 0.411 e. The standard InChI is InChI=1S/C10H15F3O3/c1-4-9(3,8(14)16-5-2)6-15-7-10(11,12)13/h4H,1,5-7H2,2-3H3. The number of alkyl halides is 3. The normalized spacial score (nSPS) is 15.3. The molecule has 0 N–H and O–H groups in total. The van der Waals surface area contributed by atoms with E-state index in [4.69, 9.17) is 4.74 Å². The van der Waals surface area contributed by atoms with E-state index in [-0.39, 0.29) is 6.61 Å². The van der Waals surface area contributed by atoms with E-state index in [1.54, 1.807) is 6.92 Å². The van der Waals surface area contributed by atoms with E-state index in [2.05, 4.69) is 11.3 Å². The van der Waals surface area contributed by atoms with E-state index >= 15 is 0 Å². The summed E-state index contributed by atoms with van der Waals surface area (Å²) in [7, 11) is 0. The Balaban J connectivity index is 4.27. The Bertz CT molecular complexity index is 250. The molecule has 3 nitrogen and oxygen atoms in total. The lowest BCUT2D eigenvalue weighted by molar-refractivity contribution is -0.184. The first-order valence-corrected chi connectivity index (χ1v) is 4.70. The van der Waals surface area contributed by atoms with Crippen LogP contribution in [0, 0.1) is 5.41 Å². The zero-order valence-electron chi connectivity index (χ0n) is 9.26. The Morgan fingerprint density at radius 2 is 1.94 bits per heavy atom. The molecule has 0 heterocycles. The van der Waals surface area contributed by atoms with Crippen LogP contribution in [0.15, 0.2) is 12.7 Å². The third-order valence-electron chi connectivity index (χ3n) is 1.86. The van der Waals surface area contributed by atoms with E-state index in [0.717, 1.165) is 0 Å². The fourth-order valence-corrected chi connectivity index (χ4v) is 0.876. The summed E-state index contributed by atoms with van der Waals surface area (Å²) in [5.74, 6) is -0.646. The molecule has 0 aliphatic carbocycles. The topological polar surface area (TPSA) is 35.5 Å². The molecule has 0 rings (SSSR count). The maximum atomic E-state index is 11.8. The van der Waals surface area contributed by atoms with Crippen molar-refractivity contribution in [1.82, 2.24) is 0 Å². The van der Waals surface area contributed by atoms with Crippen LogP contribution in [0.5, 0.6) is 0 Å². The molecule has 0 aromatic heterocycles. The lowest BCUT2D eigenvalue weighted by atomic mass is 9.92. The minimum atomic E-state index is -4.41. The molecule has 0 bridgehead atoms. The molecule has 0 aromatic rings. The molecule has 0 aliphatic rings. The third kappa shape index (κ3) is 5.16. The summed E-state index contributed by atoms with van der Waals surface area (Å²) in [6.07, 6.45) is -3.18. The fraction of sp³-hybridized carbons (Fsp3) is 0.700. The van der Waals surface area contributed by atoms with Gasteiger partial charge in [0.05, 0.1) is 13.2 Å². The van der Waals surface area contributed by atoms with Crippen LogP contribution in [-0.4, -0.2) is 32.0 Å². The number of esters is 1. The van der Waals surface area contributed by atoms with Crippen LogP contribution >= 0.6 is 0 Å². The molecular formula is C10H15F3O3. The molecule has 16 heavy (non-hydrogen) atoms. The van der Waals surface area contributed by atoms with Gasteiger partial charge in [0.1, 0.15) is 12.0 Å². The first-order valence-electron chi connectivity index (χ1n) is 4.70. The predicted octanol–water partition coefficient (Wildman–Crippen LogP) is 2.32. The van der Waals surface area contributed by atoms with Gasteiger partial charge < -0.3 is 9.47 Å². The van der Waals surface area contributed by atoms with Crippen molar-refractivity contribution in [2.45, 2.75) is 20.0 Å². The summed E-state index contributed by atoms with van der Waals surface area (Å²) in [5, 5.41) is 0. The highest BCUT2D eigenvalue weighted by molar-refractivity contribution is 5.78. The molecule has 1 unspecified atom stereocenters. The second-order valence-corrected chi connectivity index (χ2v) is 3.45. The zero-order chi connectivity index (χ0) is 12.8. The largest absolute Gasteiger partial charge is 0.465 e. The van der Waals surface area contributed by atoms with Crippen molar-refractivity contribution in [2.75, 3.05) is 19.8 Å². The van der Waals surface area contributed by atoms with Crippen molar-refractivity contribution in [3.63, 3.8) is 0 Å². The number of hydrogen-bond acceptors (Lipinski definition) is 3. The Labute approximate surface area is 92.2 Å². The highest BCUT2D eigenvalue weighted by Gasteiger charge is 2.34. The Morgan fingerprint density at radius 1 is 1.38 bits per heavy atom. The van der Waals surface area contributed by atoms with E-state index in [9.17, 15) is 18.0 Å². The van der Waals surface area contributed by atoms with Gasteiger partial charge >= 0.3 is 12.1 Å². The molecule has 0 saturated heterocycles. The van der Waals surface area contributed by atoms with Gasteiger partial charge in [-0.15, -0.1) is 6.58 Å². The monoisotopic (exact) mass is 240 g/mol. The van der Waals surface area contributed by atoms with Gasteiger partial charge in [0, 0.05) is 0 Å². The van der Waals surface area contributed by atoms with Gasteiger partial charge in [0.15, 0.2) is 0 Å². The van der Waals surface area contributed by atoms with Gasteiger partial charge in [-0.1, -0.05) is 6.08 Å². The number of carbonyl (C=O) groups excluding carboxylic acids is 1. The zero-order valence-corrected chi connectivity index (χ0v) is 9.26. The molecule has 0 saturated carbocycles. The van der Waals surface area contributed by atoms with Crippen LogP contribution in [0.3, 0.4) is 0 Å². The minimum absolute atomic E-state index is 0.154. The summed E-state index contributed by atoms with van der Waals surface area (Å²) < 4.78 is 44.6. The van der Waals surface area contributed by atoms with E-state index in [0.29, 0.717) is 0 Å². The van der Waals surface area contributed by atoms with Crippen molar-refractivity contribution in [3.05, 3.63) is 12.7 Å². The molecule has 94 valence electrons. The van der Waals surface area contributed by atoms with Crippen molar-refractivity contribution in [1.29, 1.82) is 0 Å². The SMILES string of the molecule is C=CC(C)(COCC(F)(F)F)C(=O)OCC. The van der Waals surface area contributed by atoms with Crippen LogP contribution in [0.25, 0.3) is 0 Å². The number of ether oxygens (including phenoxy) is 2. The van der Waals surface area contributed by atoms with Crippen molar-refractivity contribution >= 4 is 5.97 Å². The Hall–Kier alpha value is -1.04. The second kappa shape index (κ2) is 5.89. The molecule has 0 radical (unpaired) electrons. The van der Waals surface area contributed by atoms with Crippen LogP contribution in [0.2, 0.25) is 0 Å². The maximum absolute atomic E-state index is 11.8. The molecule has 0 aromatic carbocycles. The van der Waals surface area contributed by atoms with E-state index in [1.165, 1.54) is 13.0 Å². The average molecular weight is 240 g/mol. The summed E-state index contributed by atoms with van der Waals surface area (Å²) >= 11 is 0. The van der Waals surface area contributed by atoms with Gasteiger partial charge in [0.25, 0.3) is 0 Å². The van der Waals surface area contributed by atoms with Crippen molar-refractivity contribution in [3.8, 4) is 0 Å². The van der Waals surface area contributed by atoms with Crippen LogP contribution in [0.4, 0.5) is 13.2 Å². The highest BCUT2D eigenvalue weighted by Crippen LogP contribution is 2.22. The Kier molecular flexibility index (Phi) is 5.50. The van der Waals surface area contributed by atoms with Gasteiger partial charge in [-0.2, -0.15) is 13.2 Å². The molecular weight excluding hydrogens is 225 g/mol. The molecule has 0 amide bonds. The van der Waals surface area contributed by atoms with Gasteiger partial charge in [-0.05, 0) is 13.8 Å². The fourth-order valence-electron chi connectivity index (χ4n) is 0.876. The smallest absolute Gasteiger partial charge is 0.411 e. The highest BCUT2D eigenvalue weighted by atomic mass is 19.4. The lowest BCUT2D eigenvalue weighted by Crippen LogP contribution is -2.34. The lowest BCUT2D eigenvalue weighted by Gasteiger charge is -2.23. The Morgan fingerprint density at radius 3 is 2.31 bits per heavy atom. The second-order valence-electron chi connectivity index (χ2n) is 3.45. The van der Waals surface area contributed by atoms with Gasteiger partial charge in [-0.25, -0.2) is 0 Å². The third-order valence-corrected chi connectivity index (χ3v) is 1.86. The summed E-state index contributed by atoms with van der Waals surface area (Å²) in [6, 6.07) is 0. The number of halogens is 3. The first-order chi connectivity index (χ1) is 7.25. The van der Waals surface area contributed by atoms with Gasteiger partial charge in [0.2, 0.25) is 0 Å². The number of rotatable bonds is 6. The number of carbonyl (C=O) groups is 1. The van der Waals surface area contributed by atoms with Crippen LogP contribution < -0.4 is 0 Å². The average Bonchev–Trinajstić information content (AvgIpc) is 2.15. The number of hydrogen-bond donors (Lipinski definition) is 0.